The van der Waals surface area contributed by atoms with Crippen LogP contribution in [-0.2, 0) is 13.0 Å². The molecule has 0 radical (unpaired) electrons. The minimum absolute atomic E-state index is 0. The van der Waals surface area contributed by atoms with Gasteiger partial charge in [0.25, 0.3) is 0 Å². The molecule has 1 heterocycles. The summed E-state index contributed by atoms with van der Waals surface area (Å²) < 4.78 is 0. The van der Waals surface area contributed by atoms with Crippen molar-refractivity contribution >= 4 is 0 Å². The van der Waals surface area contributed by atoms with Crippen molar-refractivity contribution in [1.29, 1.82) is 0 Å². The molecule has 0 amide bonds. The molecule has 0 saturated carbocycles. The Labute approximate surface area is 145 Å². The maximum Gasteiger partial charge on any atom is 0.103 e. The predicted octanol–water partition coefficient (Wildman–Crippen LogP) is -0.848. The number of halogens is 1. The molecule has 0 aliphatic carbocycles. The number of piperidine rings is 1. The lowest BCUT2D eigenvalue weighted by molar-refractivity contribution is -0.921. The standard InChI is InChI=1S/C20H25NO.ClH/c1-17-7-9-18(10-8-17)15-20(22)11-13-21(14-12-20)16-19-5-3-2-4-6-19;/h2-10,22H,11-16H2,1H3;1H. The lowest BCUT2D eigenvalue weighted by atomic mass is 9.85. The zero-order valence-electron chi connectivity index (χ0n) is 13.8. The summed E-state index contributed by atoms with van der Waals surface area (Å²) in [4.78, 5) is 1.58. The number of aryl methyl sites for hydroxylation is 1. The fourth-order valence-electron chi connectivity index (χ4n) is 3.39. The molecule has 124 valence electrons. The molecule has 3 rings (SSSR count). The van der Waals surface area contributed by atoms with Crippen molar-refractivity contribution in [3.8, 4) is 0 Å². The van der Waals surface area contributed by atoms with Gasteiger partial charge in [0.15, 0.2) is 0 Å². The first-order chi connectivity index (χ1) is 10.6. The van der Waals surface area contributed by atoms with Gasteiger partial charge >= 0.3 is 0 Å². The third-order valence-electron chi connectivity index (χ3n) is 4.84. The number of rotatable bonds is 4. The normalized spacial score (nSPS) is 24.0. The average Bonchev–Trinajstić information content (AvgIpc) is 2.53. The zero-order valence-corrected chi connectivity index (χ0v) is 14.5. The number of hydrogen-bond donors (Lipinski definition) is 2. The summed E-state index contributed by atoms with van der Waals surface area (Å²) in [5, 5.41) is 10.9. The number of hydrogen-bond acceptors (Lipinski definition) is 1. The molecule has 3 heteroatoms. The summed E-state index contributed by atoms with van der Waals surface area (Å²) in [6.45, 7) is 5.28. The Morgan fingerprint density at radius 1 is 0.913 bits per heavy atom. The molecule has 0 aromatic heterocycles. The van der Waals surface area contributed by atoms with Crippen LogP contribution in [0.5, 0.6) is 0 Å². The fraction of sp³-hybridized carbons (Fsp3) is 0.400. The number of likely N-dealkylation sites (tertiary alicyclic amines) is 1. The van der Waals surface area contributed by atoms with Crippen LogP contribution in [0.4, 0.5) is 0 Å². The number of benzene rings is 2. The van der Waals surface area contributed by atoms with Crippen LogP contribution in [0.25, 0.3) is 0 Å². The summed E-state index contributed by atoms with van der Waals surface area (Å²) in [5.41, 5.74) is 3.40. The average molecular weight is 332 g/mol. The molecule has 2 nitrogen and oxygen atoms in total. The minimum Gasteiger partial charge on any atom is -1.00 e. The van der Waals surface area contributed by atoms with E-state index in [1.54, 1.807) is 4.90 Å². The number of aliphatic hydroxyl groups is 1. The predicted molar refractivity (Wildman–Crippen MR) is 89.9 cm³/mol. The van der Waals surface area contributed by atoms with Gasteiger partial charge < -0.3 is 22.4 Å². The zero-order chi connectivity index (χ0) is 15.4. The first kappa shape index (κ1) is 18.0. The van der Waals surface area contributed by atoms with Gasteiger partial charge in [0.1, 0.15) is 6.54 Å². The minimum atomic E-state index is -0.518. The van der Waals surface area contributed by atoms with E-state index in [1.807, 2.05) is 0 Å². The Morgan fingerprint density at radius 3 is 2.13 bits per heavy atom. The van der Waals surface area contributed by atoms with Crippen molar-refractivity contribution < 1.29 is 22.4 Å². The van der Waals surface area contributed by atoms with Gasteiger partial charge in [-0.2, -0.15) is 0 Å². The molecule has 0 bridgehead atoms. The van der Waals surface area contributed by atoms with Gasteiger partial charge in [-0.3, -0.25) is 0 Å². The van der Waals surface area contributed by atoms with Gasteiger partial charge in [-0.05, 0) is 12.5 Å². The third kappa shape index (κ3) is 5.07. The Hall–Kier alpha value is -1.35. The van der Waals surface area contributed by atoms with Gasteiger partial charge in [0, 0.05) is 24.8 Å². The van der Waals surface area contributed by atoms with Crippen LogP contribution in [0, 0.1) is 6.92 Å². The van der Waals surface area contributed by atoms with Crippen LogP contribution >= 0.6 is 0 Å². The topological polar surface area (TPSA) is 24.7 Å². The molecular weight excluding hydrogens is 306 g/mol. The van der Waals surface area contributed by atoms with Crippen LogP contribution in [-0.4, -0.2) is 23.8 Å². The molecule has 2 aromatic carbocycles. The van der Waals surface area contributed by atoms with Gasteiger partial charge in [0.2, 0.25) is 0 Å². The molecular formula is C20H26ClNO. The van der Waals surface area contributed by atoms with Gasteiger partial charge in [-0.1, -0.05) is 60.2 Å². The van der Waals surface area contributed by atoms with Crippen molar-refractivity contribution in [3.63, 3.8) is 0 Å². The van der Waals surface area contributed by atoms with Gasteiger partial charge in [0.05, 0.1) is 18.7 Å². The maximum atomic E-state index is 10.9. The second-order valence-corrected chi connectivity index (χ2v) is 6.80. The molecule has 2 aromatic rings. The highest BCUT2D eigenvalue weighted by Crippen LogP contribution is 2.22. The first-order valence-corrected chi connectivity index (χ1v) is 8.28. The summed E-state index contributed by atoms with van der Waals surface area (Å²) in [6.07, 6.45) is 2.57. The van der Waals surface area contributed by atoms with E-state index in [-0.39, 0.29) is 12.4 Å². The molecule has 0 spiro atoms. The number of nitrogens with one attached hydrogen (secondary N) is 1. The molecule has 1 aliphatic heterocycles. The highest BCUT2D eigenvalue weighted by molar-refractivity contribution is 5.22. The van der Waals surface area contributed by atoms with Crippen molar-refractivity contribution in [2.24, 2.45) is 0 Å². The van der Waals surface area contributed by atoms with Crippen LogP contribution in [0.3, 0.4) is 0 Å². The van der Waals surface area contributed by atoms with Crippen molar-refractivity contribution in [2.75, 3.05) is 13.1 Å². The smallest absolute Gasteiger partial charge is 0.103 e. The Balaban J connectivity index is 0.00000192. The van der Waals surface area contributed by atoms with Crippen LogP contribution in [0.1, 0.15) is 29.5 Å². The lowest BCUT2D eigenvalue weighted by Gasteiger charge is -2.36. The van der Waals surface area contributed by atoms with E-state index in [9.17, 15) is 5.11 Å². The quantitative estimate of drug-likeness (QED) is 0.750. The highest BCUT2D eigenvalue weighted by Gasteiger charge is 2.34. The van der Waals surface area contributed by atoms with E-state index < -0.39 is 5.60 Å². The fourth-order valence-corrected chi connectivity index (χ4v) is 3.39. The monoisotopic (exact) mass is 331 g/mol. The van der Waals surface area contributed by atoms with Crippen molar-refractivity contribution in [1.82, 2.24) is 0 Å². The summed E-state index contributed by atoms with van der Waals surface area (Å²) in [6, 6.07) is 19.2. The Morgan fingerprint density at radius 2 is 1.52 bits per heavy atom. The van der Waals surface area contributed by atoms with Crippen LogP contribution in [0.2, 0.25) is 0 Å². The third-order valence-corrected chi connectivity index (χ3v) is 4.84. The van der Waals surface area contributed by atoms with Crippen molar-refractivity contribution in [2.45, 2.75) is 38.3 Å². The van der Waals surface area contributed by atoms with Crippen molar-refractivity contribution in [3.05, 3.63) is 71.3 Å². The van der Waals surface area contributed by atoms with E-state index >= 15 is 0 Å². The molecule has 2 N–H and O–H groups in total. The Bertz CT molecular complexity index is 589. The molecule has 0 atom stereocenters. The van der Waals surface area contributed by atoms with E-state index in [4.69, 9.17) is 0 Å². The maximum absolute atomic E-state index is 10.9. The second-order valence-electron chi connectivity index (χ2n) is 6.80. The summed E-state index contributed by atoms with van der Waals surface area (Å²) in [7, 11) is 0. The molecule has 1 aliphatic rings. The van der Waals surface area contributed by atoms with E-state index in [1.165, 1.54) is 16.7 Å². The highest BCUT2D eigenvalue weighted by atomic mass is 35.5. The SMILES string of the molecule is Cc1ccc(CC2(O)CC[NH+](Cc3ccccc3)CC2)cc1.[Cl-]. The summed E-state index contributed by atoms with van der Waals surface area (Å²) >= 11 is 0. The second kappa shape index (κ2) is 7.96. The molecule has 23 heavy (non-hydrogen) atoms. The van der Waals surface area contributed by atoms with E-state index in [2.05, 4.69) is 61.5 Å². The van der Waals surface area contributed by atoms with Crippen LogP contribution in [0.15, 0.2) is 54.6 Å². The first-order valence-electron chi connectivity index (χ1n) is 8.28. The van der Waals surface area contributed by atoms with Crippen LogP contribution < -0.4 is 17.3 Å². The van der Waals surface area contributed by atoms with Gasteiger partial charge in [-0.15, -0.1) is 0 Å². The van der Waals surface area contributed by atoms with E-state index in [0.717, 1.165) is 38.9 Å². The number of quaternary nitrogens is 1. The molecule has 1 fully saturated rings. The largest absolute Gasteiger partial charge is 1.00 e. The van der Waals surface area contributed by atoms with Gasteiger partial charge in [-0.25, -0.2) is 0 Å². The summed E-state index contributed by atoms with van der Waals surface area (Å²) in [5.74, 6) is 0. The molecule has 0 unspecified atom stereocenters. The Kier molecular flexibility index (Phi) is 6.23. The van der Waals surface area contributed by atoms with E-state index in [0.29, 0.717) is 0 Å². The molecule has 1 saturated heterocycles. The lowest BCUT2D eigenvalue weighted by Crippen LogP contribution is -3.12.